The smallest absolute Gasteiger partial charge is 0.328 e. The summed E-state index contributed by atoms with van der Waals surface area (Å²) in [7, 11) is 9.53. The number of azide groups is 1. The monoisotopic (exact) mass is 1220 g/mol. The molecule has 3 N–H and O–H groups in total. The molecule has 0 aliphatic carbocycles. The summed E-state index contributed by atoms with van der Waals surface area (Å²) >= 11 is 29.7. The lowest BCUT2D eigenvalue weighted by Crippen LogP contribution is -2.04. The summed E-state index contributed by atoms with van der Waals surface area (Å²) in [6.45, 7) is 0. The fourth-order valence-electron chi connectivity index (χ4n) is 7.09. The molecule has 0 atom stereocenters. The fraction of sp³-hybridized carbons (Fsp3) is 0.100. The molecule has 0 radical (unpaired) electrons. The number of carbonyl (C=O) groups excluding carboxylic acids is 1. The van der Waals surface area contributed by atoms with Crippen LogP contribution >= 0.6 is 58.0 Å². The molecule has 0 bridgehead atoms. The van der Waals surface area contributed by atoms with Gasteiger partial charge in [-0.1, -0.05) is 88.3 Å². The third-order valence-electron chi connectivity index (χ3n) is 11.2. The molecule has 18 nitrogen and oxygen atoms in total. The average Bonchev–Trinajstić information content (AvgIpc) is 3.61. The lowest BCUT2D eigenvalue weighted by molar-refractivity contribution is -0.131. The Balaban J connectivity index is 0.000000182. The lowest BCUT2D eigenvalue weighted by atomic mass is 10.2. The van der Waals surface area contributed by atoms with Crippen LogP contribution in [0, 0.1) is 0 Å². The number of carbonyl (C=O) groups is 2. The molecule has 0 saturated heterocycles. The molecule has 0 aliphatic heterocycles. The fourth-order valence-corrected chi connectivity index (χ4v) is 8.14. The molecule has 83 heavy (non-hydrogen) atoms. The molecule has 426 valence electrons. The van der Waals surface area contributed by atoms with Crippen LogP contribution in [0.25, 0.3) is 65.7 Å². The van der Waals surface area contributed by atoms with Gasteiger partial charge in [0.05, 0.1) is 57.7 Å². The number of H-pyrrole nitrogens is 2. The third kappa shape index (κ3) is 19.5. The Morgan fingerprint density at radius 1 is 0.506 bits per heavy atom. The third-order valence-corrected chi connectivity index (χ3v) is 12.7. The minimum Gasteiger partial charge on any atom is -0.497 e. The van der Waals surface area contributed by atoms with E-state index in [4.69, 9.17) is 97.1 Å². The largest absolute Gasteiger partial charge is 0.497 e. The number of halogens is 5. The molecular formula is C60H50Cl5N7O11. The summed E-state index contributed by atoms with van der Waals surface area (Å²) in [4.78, 5) is 59.2. The summed E-state index contributed by atoms with van der Waals surface area (Å²) in [6.07, 6.45) is 11.5. The molecule has 0 unspecified atom stereocenters. The number of aliphatic carboxylic acids is 1. The van der Waals surface area contributed by atoms with Crippen molar-refractivity contribution in [3.8, 4) is 34.5 Å². The number of benzene rings is 6. The maximum atomic E-state index is 11.4. The maximum absolute atomic E-state index is 11.4. The predicted octanol–water partition coefficient (Wildman–Crippen LogP) is 15.2. The summed E-state index contributed by atoms with van der Waals surface area (Å²) in [5.41, 5.74) is 9.39. The van der Waals surface area contributed by atoms with Gasteiger partial charge < -0.3 is 43.5 Å². The van der Waals surface area contributed by atoms with Crippen LogP contribution in [0.4, 0.5) is 0 Å². The Bertz CT molecular complexity index is 4030. The van der Waals surface area contributed by atoms with E-state index in [-0.39, 0.29) is 11.1 Å². The van der Waals surface area contributed by atoms with Gasteiger partial charge in [0, 0.05) is 73.5 Å². The number of hydrogen-bond acceptors (Lipinski definition) is 12. The Hall–Kier alpha value is -9.26. The van der Waals surface area contributed by atoms with Crippen molar-refractivity contribution in [3.05, 3.63) is 232 Å². The van der Waals surface area contributed by atoms with Crippen molar-refractivity contribution < 1.29 is 43.1 Å². The van der Waals surface area contributed by atoms with Gasteiger partial charge in [-0.3, -0.25) is 14.4 Å². The highest BCUT2D eigenvalue weighted by Gasteiger charge is 2.08. The molecular weight excluding hydrogens is 1170 g/mol. The second-order valence-corrected chi connectivity index (χ2v) is 18.3. The van der Waals surface area contributed by atoms with Crippen LogP contribution in [0.3, 0.4) is 0 Å². The van der Waals surface area contributed by atoms with Crippen molar-refractivity contribution in [2.24, 2.45) is 5.11 Å². The molecule has 1 amide bonds. The zero-order valence-corrected chi connectivity index (χ0v) is 48.7. The van der Waals surface area contributed by atoms with Gasteiger partial charge in [0.25, 0.3) is 11.1 Å². The Morgan fingerprint density at radius 2 is 0.916 bits per heavy atom. The quantitative estimate of drug-likeness (QED) is 0.0379. The van der Waals surface area contributed by atoms with Gasteiger partial charge in [-0.2, -0.15) is 0 Å². The number of rotatable bonds is 10. The molecule has 10 rings (SSSR count). The second kappa shape index (κ2) is 32.9. The number of aromatic nitrogens is 4. The van der Waals surface area contributed by atoms with E-state index in [1.807, 2.05) is 60.7 Å². The van der Waals surface area contributed by atoms with Gasteiger partial charge in [-0.15, -0.1) is 0 Å². The van der Waals surface area contributed by atoms with Crippen molar-refractivity contribution >= 4 is 125 Å². The van der Waals surface area contributed by atoms with E-state index >= 15 is 0 Å². The first kappa shape index (κ1) is 64.6. The molecule has 4 aromatic heterocycles. The first-order valence-corrected chi connectivity index (χ1v) is 25.9. The van der Waals surface area contributed by atoms with Crippen molar-refractivity contribution in [2.75, 3.05) is 42.7 Å². The van der Waals surface area contributed by atoms with Crippen LogP contribution in [0.2, 0.25) is 25.4 Å². The van der Waals surface area contributed by atoms with Crippen molar-refractivity contribution in [2.45, 2.75) is 0 Å². The van der Waals surface area contributed by atoms with Gasteiger partial charge in [0.1, 0.15) is 44.8 Å². The van der Waals surface area contributed by atoms with Gasteiger partial charge in [-0.25, -0.2) is 14.8 Å². The summed E-state index contributed by atoms with van der Waals surface area (Å²) in [6, 6.07) is 37.7. The van der Waals surface area contributed by atoms with E-state index in [1.165, 1.54) is 30.7 Å². The van der Waals surface area contributed by atoms with E-state index in [2.05, 4.69) is 30.0 Å². The van der Waals surface area contributed by atoms with Gasteiger partial charge in [0.2, 0.25) is 5.91 Å². The summed E-state index contributed by atoms with van der Waals surface area (Å²) < 4.78 is 30.3. The van der Waals surface area contributed by atoms with Gasteiger partial charge in [0.15, 0.2) is 0 Å². The molecule has 0 aliphatic rings. The first-order valence-electron chi connectivity index (χ1n) is 24.0. The highest BCUT2D eigenvalue weighted by molar-refractivity contribution is 6.40. The zero-order valence-electron chi connectivity index (χ0n) is 44.9. The molecule has 23 heteroatoms. The number of methoxy groups -OCH3 is 6. The van der Waals surface area contributed by atoms with E-state index in [1.54, 1.807) is 122 Å². The number of fused-ring (bicyclic) bond motifs is 4. The topological polar surface area (TPSA) is 250 Å². The number of nitrogens with one attached hydrogen (secondary N) is 2. The first-order chi connectivity index (χ1) is 39.9. The molecule has 10 aromatic rings. The lowest BCUT2D eigenvalue weighted by Gasteiger charge is -2.04. The van der Waals surface area contributed by atoms with Gasteiger partial charge >= 0.3 is 5.97 Å². The Kier molecular flexibility index (Phi) is 25.6. The van der Waals surface area contributed by atoms with Crippen LogP contribution in [0.1, 0.15) is 11.1 Å². The van der Waals surface area contributed by atoms with Crippen LogP contribution in [-0.4, -0.2) is 79.6 Å². The number of pyridine rings is 4. The Morgan fingerprint density at radius 3 is 1.37 bits per heavy atom. The van der Waals surface area contributed by atoms with Crippen LogP contribution in [0.15, 0.2) is 179 Å². The highest BCUT2D eigenvalue weighted by Crippen LogP contribution is 2.32. The number of carboxylic acid groups (broad SMARTS) is 1. The maximum Gasteiger partial charge on any atom is 0.328 e. The molecule has 0 spiro atoms. The van der Waals surface area contributed by atoms with Crippen molar-refractivity contribution in [1.82, 2.24) is 19.9 Å². The number of nitrogens with zero attached hydrogens (tertiary/aromatic N) is 5. The minimum absolute atomic E-state index is 0.0693. The van der Waals surface area contributed by atoms with E-state index < -0.39 is 11.9 Å². The van der Waals surface area contributed by atoms with Crippen LogP contribution in [0.5, 0.6) is 34.5 Å². The zero-order chi connectivity index (χ0) is 60.4. The summed E-state index contributed by atoms with van der Waals surface area (Å²) in [5, 5.41) is 20.1. The minimum atomic E-state index is -0.956. The standard InChI is InChI=1S/2C10H7Cl2NO.C10H8ClNO2.C10H9N3O2.C10H9NO2.C10H10O3/c2*1-14-6-2-3-7-8(4-6)9(11)5-13-10(7)12;1-14-6-2-3-7-8(4-6)9(11)5-12-10(7)13;1-15-9-4-2-3-8(7-9)5-6-10(14)12-13-11;1-13-8-2-3-9-7(6-8)4-5-11-10(9)12;1-13-9-4-2-3-8(7-9)5-6-10(11)12/h2*2-5H,1H3;2-5H,1H3,(H,12,13);2-7H,1H3;2-6H,1H3,(H,11,12);2-7H,1H3,(H,11,12)/b;;;6-5+;;6-5+. The SMILES string of the molecule is COc1ccc2c(=O)[nH]cc(Cl)c2c1.COc1ccc2c(=O)[nH]ccc2c1.COc1ccc2c(Cl)ncc(Cl)c2c1.COc1ccc2c(Cl)ncc(Cl)c2c1.COc1cccc(/C=C/C(=O)N=[N+]=[N-])c1.COc1cccc(/C=C/C(=O)O)c1. The van der Waals surface area contributed by atoms with Gasteiger partial charge in [-0.05, 0) is 142 Å². The number of ether oxygens (including phenoxy) is 6. The number of hydrogen-bond donors (Lipinski definition) is 3. The van der Waals surface area contributed by atoms with E-state index in [0.29, 0.717) is 58.8 Å². The molecule has 4 heterocycles. The van der Waals surface area contributed by atoms with E-state index in [9.17, 15) is 19.2 Å². The number of aromatic amines is 2. The molecule has 0 saturated carbocycles. The summed E-state index contributed by atoms with van der Waals surface area (Å²) in [5.74, 6) is 2.79. The second-order valence-electron chi connectivity index (χ2n) is 16.3. The predicted molar refractivity (Wildman–Crippen MR) is 330 cm³/mol. The normalized spacial score (nSPS) is 10.3. The number of carboxylic acids is 1. The number of amides is 1. The van der Waals surface area contributed by atoms with E-state index in [0.717, 1.165) is 61.4 Å². The Labute approximate surface area is 499 Å². The van der Waals surface area contributed by atoms with Crippen LogP contribution < -0.4 is 39.5 Å². The average molecular weight is 1220 g/mol. The molecule has 6 aromatic carbocycles. The van der Waals surface area contributed by atoms with Crippen LogP contribution in [-0.2, 0) is 9.59 Å². The highest BCUT2D eigenvalue weighted by atomic mass is 35.5. The molecule has 0 fully saturated rings. The van der Waals surface area contributed by atoms with Crippen molar-refractivity contribution in [3.63, 3.8) is 0 Å². The van der Waals surface area contributed by atoms with Crippen molar-refractivity contribution in [1.29, 1.82) is 0 Å².